The molecular formula is C25H21FN2O2S2. The molecule has 0 spiro atoms. The van der Waals surface area contributed by atoms with Gasteiger partial charge in [-0.3, -0.25) is 9.69 Å². The van der Waals surface area contributed by atoms with Gasteiger partial charge in [0, 0.05) is 25.3 Å². The first-order valence-corrected chi connectivity index (χ1v) is 11.2. The number of anilines is 2. The fraction of sp³-hybridized carbons (Fsp3) is 0.120. The summed E-state index contributed by atoms with van der Waals surface area (Å²) in [5, 5.41) is 0. The molecule has 4 rings (SSSR count). The van der Waals surface area contributed by atoms with E-state index in [1.165, 1.54) is 17.8 Å². The van der Waals surface area contributed by atoms with Gasteiger partial charge in [-0.1, -0.05) is 54.3 Å². The van der Waals surface area contributed by atoms with Gasteiger partial charge in [-0.2, -0.15) is 0 Å². The molecule has 0 bridgehead atoms. The average molecular weight is 465 g/mol. The van der Waals surface area contributed by atoms with Crippen LogP contribution in [-0.4, -0.2) is 24.3 Å². The molecular weight excluding hydrogens is 443 g/mol. The van der Waals surface area contributed by atoms with E-state index in [4.69, 9.17) is 17.0 Å². The Hall–Kier alpha value is -3.16. The second kappa shape index (κ2) is 9.54. The summed E-state index contributed by atoms with van der Waals surface area (Å²) in [6.45, 7) is 0.126. The molecule has 0 radical (unpaired) electrons. The van der Waals surface area contributed by atoms with Crippen LogP contribution in [0.2, 0.25) is 0 Å². The standard InChI is InChI=1S/C25H21FN2O2S2/c1-27(2)19-10-12-20(13-11-19)28-24(29)23(32-25(28)31)15-17-6-5-8-21(14-17)30-16-18-7-3-4-9-22(18)26/h3-15H,16H2,1-2H3/b23-15+. The van der Waals surface area contributed by atoms with Crippen LogP contribution in [0.3, 0.4) is 0 Å². The highest BCUT2D eigenvalue weighted by Gasteiger charge is 2.33. The van der Waals surface area contributed by atoms with E-state index in [0.29, 0.717) is 20.5 Å². The van der Waals surface area contributed by atoms with Crippen molar-refractivity contribution >= 4 is 51.7 Å². The largest absolute Gasteiger partial charge is 0.489 e. The highest BCUT2D eigenvalue weighted by atomic mass is 32.2. The van der Waals surface area contributed by atoms with Crippen LogP contribution >= 0.6 is 24.0 Å². The fourth-order valence-corrected chi connectivity index (χ4v) is 4.51. The van der Waals surface area contributed by atoms with Crippen LogP contribution in [-0.2, 0) is 11.4 Å². The van der Waals surface area contributed by atoms with E-state index >= 15 is 0 Å². The van der Waals surface area contributed by atoms with Crippen molar-refractivity contribution in [3.63, 3.8) is 0 Å². The molecule has 3 aromatic rings. The number of nitrogens with zero attached hydrogens (tertiary/aromatic N) is 2. The number of benzene rings is 3. The summed E-state index contributed by atoms with van der Waals surface area (Å²) in [6, 6.07) is 21.5. The van der Waals surface area contributed by atoms with Gasteiger partial charge in [0.25, 0.3) is 5.91 Å². The first-order valence-electron chi connectivity index (χ1n) is 9.94. The Bertz CT molecular complexity index is 1190. The molecule has 3 aromatic carbocycles. The van der Waals surface area contributed by atoms with Crippen molar-refractivity contribution in [3.8, 4) is 5.75 Å². The van der Waals surface area contributed by atoms with Crippen molar-refractivity contribution in [3.05, 3.63) is 94.6 Å². The lowest BCUT2D eigenvalue weighted by atomic mass is 10.2. The van der Waals surface area contributed by atoms with Crippen molar-refractivity contribution in [1.82, 2.24) is 0 Å². The van der Waals surface area contributed by atoms with Gasteiger partial charge in [0.1, 0.15) is 18.2 Å². The van der Waals surface area contributed by atoms with Gasteiger partial charge in [0.05, 0.1) is 10.6 Å². The molecule has 1 saturated heterocycles. The zero-order chi connectivity index (χ0) is 22.7. The predicted molar refractivity (Wildman–Crippen MR) is 134 cm³/mol. The summed E-state index contributed by atoms with van der Waals surface area (Å²) < 4.78 is 20.0. The molecule has 1 aliphatic rings. The summed E-state index contributed by atoms with van der Waals surface area (Å²) in [6.07, 6.45) is 1.80. The average Bonchev–Trinajstić information content (AvgIpc) is 3.06. The summed E-state index contributed by atoms with van der Waals surface area (Å²) in [7, 11) is 3.93. The Morgan fingerprint density at radius 3 is 2.53 bits per heavy atom. The maximum Gasteiger partial charge on any atom is 0.270 e. The number of hydrogen-bond acceptors (Lipinski definition) is 5. The maximum atomic E-state index is 13.8. The van der Waals surface area contributed by atoms with Crippen molar-refractivity contribution in [2.45, 2.75) is 6.61 Å². The Morgan fingerprint density at radius 1 is 1.06 bits per heavy atom. The second-order valence-corrected chi connectivity index (χ2v) is 9.06. The number of hydrogen-bond donors (Lipinski definition) is 0. The second-order valence-electron chi connectivity index (χ2n) is 7.38. The van der Waals surface area contributed by atoms with E-state index in [2.05, 4.69) is 0 Å². The number of amides is 1. The number of carbonyl (C=O) groups is 1. The van der Waals surface area contributed by atoms with Crippen LogP contribution in [0.5, 0.6) is 5.75 Å². The van der Waals surface area contributed by atoms with Crippen LogP contribution < -0.4 is 14.5 Å². The Balaban J connectivity index is 1.50. The molecule has 0 unspecified atom stereocenters. The lowest BCUT2D eigenvalue weighted by molar-refractivity contribution is -0.113. The lowest BCUT2D eigenvalue weighted by Gasteiger charge is -2.17. The monoisotopic (exact) mass is 464 g/mol. The number of halogens is 1. The van der Waals surface area contributed by atoms with Crippen LogP contribution in [0.4, 0.5) is 15.8 Å². The zero-order valence-corrected chi connectivity index (χ0v) is 19.3. The van der Waals surface area contributed by atoms with Crippen LogP contribution in [0, 0.1) is 5.82 Å². The van der Waals surface area contributed by atoms with Crippen molar-refractivity contribution in [2.75, 3.05) is 23.9 Å². The van der Waals surface area contributed by atoms with E-state index in [9.17, 15) is 9.18 Å². The van der Waals surface area contributed by atoms with Gasteiger partial charge in [-0.15, -0.1) is 0 Å². The first kappa shape index (κ1) is 22.0. The van der Waals surface area contributed by atoms with Crippen molar-refractivity contribution in [2.24, 2.45) is 0 Å². The normalized spacial score (nSPS) is 14.8. The molecule has 0 atom stereocenters. The number of thiocarbonyl (C=S) groups is 1. The topological polar surface area (TPSA) is 32.8 Å². The van der Waals surface area contributed by atoms with Crippen LogP contribution in [0.1, 0.15) is 11.1 Å². The third kappa shape index (κ3) is 4.84. The SMILES string of the molecule is CN(C)c1ccc(N2C(=O)/C(=C\c3cccc(OCc4ccccc4F)c3)SC2=S)cc1. The lowest BCUT2D eigenvalue weighted by Crippen LogP contribution is -2.27. The molecule has 162 valence electrons. The summed E-state index contributed by atoms with van der Waals surface area (Å²) in [4.78, 5) is 17.1. The molecule has 7 heteroatoms. The minimum atomic E-state index is -0.300. The van der Waals surface area contributed by atoms with Crippen molar-refractivity contribution < 1.29 is 13.9 Å². The molecule has 1 fully saturated rings. The highest BCUT2D eigenvalue weighted by Crippen LogP contribution is 2.36. The smallest absolute Gasteiger partial charge is 0.270 e. The Labute approximate surface area is 196 Å². The van der Waals surface area contributed by atoms with Gasteiger partial charge >= 0.3 is 0 Å². The molecule has 0 aliphatic carbocycles. The number of carbonyl (C=O) groups excluding carboxylic acids is 1. The summed E-state index contributed by atoms with van der Waals surface area (Å²) >= 11 is 6.74. The van der Waals surface area contributed by atoms with Gasteiger partial charge in [-0.25, -0.2) is 4.39 Å². The minimum Gasteiger partial charge on any atom is -0.489 e. The van der Waals surface area contributed by atoms with E-state index in [0.717, 1.165) is 16.9 Å². The number of thioether (sulfide) groups is 1. The van der Waals surface area contributed by atoms with Gasteiger partial charge in [0.15, 0.2) is 4.32 Å². The van der Waals surface area contributed by atoms with Crippen LogP contribution in [0.25, 0.3) is 6.08 Å². The van der Waals surface area contributed by atoms with E-state index in [-0.39, 0.29) is 18.3 Å². The maximum absolute atomic E-state index is 13.8. The third-order valence-electron chi connectivity index (χ3n) is 4.93. The molecule has 1 aliphatic heterocycles. The number of rotatable bonds is 6. The molecule has 4 nitrogen and oxygen atoms in total. The van der Waals surface area contributed by atoms with Gasteiger partial charge in [-0.05, 0) is 54.1 Å². The Morgan fingerprint density at radius 2 is 1.81 bits per heavy atom. The molecule has 1 heterocycles. The quantitative estimate of drug-likeness (QED) is 0.336. The zero-order valence-electron chi connectivity index (χ0n) is 17.6. The fourth-order valence-electron chi connectivity index (χ4n) is 3.21. The first-order chi connectivity index (χ1) is 15.4. The Kier molecular flexibility index (Phi) is 6.58. The highest BCUT2D eigenvalue weighted by molar-refractivity contribution is 8.27. The molecule has 32 heavy (non-hydrogen) atoms. The predicted octanol–water partition coefficient (Wildman–Crippen LogP) is 5.88. The van der Waals surface area contributed by atoms with E-state index in [1.807, 2.05) is 61.5 Å². The summed E-state index contributed by atoms with van der Waals surface area (Å²) in [5.41, 5.74) is 3.07. The van der Waals surface area contributed by atoms with Crippen molar-refractivity contribution in [1.29, 1.82) is 0 Å². The molecule has 0 saturated carbocycles. The number of ether oxygens (including phenoxy) is 1. The van der Waals surface area contributed by atoms with Gasteiger partial charge in [0.2, 0.25) is 0 Å². The van der Waals surface area contributed by atoms with Gasteiger partial charge < -0.3 is 9.64 Å². The van der Waals surface area contributed by atoms with E-state index < -0.39 is 0 Å². The summed E-state index contributed by atoms with van der Waals surface area (Å²) in [5.74, 6) is 0.137. The third-order valence-corrected chi connectivity index (χ3v) is 6.23. The molecule has 1 amide bonds. The molecule has 0 aromatic heterocycles. The minimum absolute atomic E-state index is 0.126. The van der Waals surface area contributed by atoms with Crippen LogP contribution in [0.15, 0.2) is 77.7 Å². The van der Waals surface area contributed by atoms with E-state index in [1.54, 1.807) is 35.2 Å². The molecule has 0 N–H and O–H groups in total.